The Morgan fingerprint density at radius 1 is 1.33 bits per heavy atom. The Balaban J connectivity index is 1.78. The Hall–Kier alpha value is -2.08. The predicted molar refractivity (Wildman–Crippen MR) is 81.0 cm³/mol. The molecule has 3 rings (SSSR count). The van der Waals surface area contributed by atoms with Crippen LogP contribution in [0, 0.1) is 5.92 Å². The minimum atomic E-state index is -0.935. The van der Waals surface area contributed by atoms with Gasteiger partial charge in [-0.25, -0.2) is 9.78 Å². The van der Waals surface area contributed by atoms with Crippen molar-refractivity contribution in [2.45, 2.75) is 19.4 Å². The topological polar surface area (TPSA) is 73.7 Å². The number of benzene rings is 1. The van der Waals surface area contributed by atoms with Crippen LogP contribution in [0.1, 0.15) is 28.1 Å². The molecule has 6 heteroatoms. The number of rotatable bonds is 6. The van der Waals surface area contributed by atoms with Gasteiger partial charge >= 0.3 is 5.97 Å². The lowest BCUT2D eigenvalue weighted by Crippen LogP contribution is -2.24. The van der Waals surface area contributed by atoms with Crippen LogP contribution in [0.3, 0.4) is 0 Å². The Morgan fingerprint density at radius 3 is 2.62 bits per heavy atom. The maximum Gasteiger partial charge on any atom is 0.347 e. The first-order valence-corrected chi connectivity index (χ1v) is 7.65. The van der Waals surface area contributed by atoms with Gasteiger partial charge in [-0.3, -0.25) is 0 Å². The molecule has 0 unspecified atom stereocenters. The molecule has 0 saturated heterocycles. The van der Waals surface area contributed by atoms with Crippen LogP contribution in [0.4, 0.5) is 5.13 Å². The highest BCUT2D eigenvalue weighted by molar-refractivity contribution is 7.17. The highest BCUT2D eigenvalue weighted by atomic mass is 32.1. The maximum atomic E-state index is 11.0. The zero-order valence-corrected chi connectivity index (χ0v) is 12.2. The van der Waals surface area contributed by atoms with E-state index in [2.05, 4.69) is 9.88 Å². The number of carboxylic acid groups (broad SMARTS) is 1. The molecule has 1 aliphatic rings. The SMILES string of the molecule is O=C(O)c1cnc(N(Cc2ccc(O)cc2)CC2CC2)s1. The lowest BCUT2D eigenvalue weighted by atomic mass is 10.2. The van der Waals surface area contributed by atoms with Crippen LogP contribution >= 0.6 is 11.3 Å². The predicted octanol–water partition coefficient (Wildman–Crippen LogP) is 2.96. The molecule has 1 heterocycles. The number of nitrogens with zero attached hydrogens (tertiary/aromatic N) is 2. The van der Waals surface area contributed by atoms with Crippen LogP contribution in [0.15, 0.2) is 30.5 Å². The van der Waals surface area contributed by atoms with Gasteiger partial charge in [0.25, 0.3) is 0 Å². The van der Waals surface area contributed by atoms with E-state index in [0.717, 1.165) is 17.2 Å². The molecule has 0 aliphatic heterocycles. The minimum absolute atomic E-state index is 0.245. The van der Waals surface area contributed by atoms with Gasteiger partial charge in [-0.1, -0.05) is 23.5 Å². The van der Waals surface area contributed by atoms with Crippen LogP contribution in [-0.2, 0) is 6.54 Å². The monoisotopic (exact) mass is 304 g/mol. The molecule has 1 aromatic carbocycles. The van der Waals surface area contributed by atoms with E-state index >= 15 is 0 Å². The second-order valence-electron chi connectivity index (χ2n) is 5.30. The Bertz CT molecular complexity index is 635. The van der Waals surface area contributed by atoms with Crippen molar-refractivity contribution in [1.82, 2.24) is 4.98 Å². The van der Waals surface area contributed by atoms with Gasteiger partial charge in [-0.2, -0.15) is 0 Å². The molecule has 2 aromatic rings. The number of anilines is 1. The van der Waals surface area contributed by atoms with Crippen LogP contribution in [-0.4, -0.2) is 27.7 Å². The number of carboxylic acids is 1. The van der Waals surface area contributed by atoms with E-state index in [1.165, 1.54) is 30.4 Å². The van der Waals surface area contributed by atoms with Gasteiger partial charge in [0.05, 0.1) is 6.20 Å². The maximum absolute atomic E-state index is 11.0. The molecule has 1 saturated carbocycles. The molecule has 2 N–H and O–H groups in total. The zero-order chi connectivity index (χ0) is 14.8. The zero-order valence-electron chi connectivity index (χ0n) is 11.4. The van der Waals surface area contributed by atoms with Crippen molar-refractivity contribution in [3.63, 3.8) is 0 Å². The minimum Gasteiger partial charge on any atom is -0.508 e. The molecule has 1 fully saturated rings. The largest absolute Gasteiger partial charge is 0.508 e. The fraction of sp³-hybridized carbons (Fsp3) is 0.333. The van der Waals surface area contributed by atoms with Crippen LogP contribution in [0.2, 0.25) is 0 Å². The second kappa shape index (κ2) is 5.73. The summed E-state index contributed by atoms with van der Waals surface area (Å²) < 4.78 is 0. The Kier molecular flexibility index (Phi) is 3.79. The van der Waals surface area contributed by atoms with E-state index in [0.29, 0.717) is 12.5 Å². The van der Waals surface area contributed by atoms with Crippen molar-refractivity contribution in [2.75, 3.05) is 11.4 Å². The molecule has 0 atom stereocenters. The molecule has 110 valence electrons. The number of phenolic OH excluding ortho intramolecular Hbond substituents is 1. The summed E-state index contributed by atoms with van der Waals surface area (Å²) >= 11 is 1.21. The first-order valence-electron chi connectivity index (χ1n) is 6.84. The molecular weight excluding hydrogens is 288 g/mol. The Labute approximate surface area is 126 Å². The fourth-order valence-electron chi connectivity index (χ4n) is 2.15. The smallest absolute Gasteiger partial charge is 0.347 e. The van der Waals surface area contributed by atoms with Gasteiger partial charge in [0.1, 0.15) is 10.6 Å². The van der Waals surface area contributed by atoms with Gasteiger partial charge in [0.2, 0.25) is 0 Å². The summed E-state index contributed by atoms with van der Waals surface area (Å²) in [7, 11) is 0. The highest BCUT2D eigenvalue weighted by Crippen LogP contribution is 2.33. The van der Waals surface area contributed by atoms with Gasteiger partial charge in [0, 0.05) is 13.1 Å². The third-order valence-corrected chi connectivity index (χ3v) is 4.51. The van der Waals surface area contributed by atoms with E-state index < -0.39 is 5.97 Å². The summed E-state index contributed by atoms with van der Waals surface area (Å²) in [6, 6.07) is 7.08. The number of hydrogen-bond donors (Lipinski definition) is 2. The standard InChI is InChI=1S/C15H16N2O3S/c18-12-5-3-11(4-6-12)9-17(8-10-1-2-10)15-16-7-13(21-15)14(19)20/h3-7,10,18H,1-2,8-9H2,(H,19,20). The average molecular weight is 304 g/mol. The summed E-state index contributed by atoms with van der Waals surface area (Å²) in [5.74, 6) is -0.0102. The highest BCUT2D eigenvalue weighted by Gasteiger charge is 2.26. The number of phenols is 1. The average Bonchev–Trinajstić information content (AvgIpc) is 3.13. The van der Waals surface area contributed by atoms with E-state index in [1.54, 1.807) is 12.1 Å². The van der Waals surface area contributed by atoms with Crippen molar-refractivity contribution >= 4 is 22.4 Å². The van der Waals surface area contributed by atoms with Crippen molar-refractivity contribution in [3.05, 3.63) is 40.9 Å². The second-order valence-corrected chi connectivity index (χ2v) is 6.31. The number of carbonyl (C=O) groups is 1. The third kappa shape index (κ3) is 3.52. The molecule has 0 radical (unpaired) electrons. The van der Waals surface area contributed by atoms with Crippen molar-refractivity contribution in [2.24, 2.45) is 5.92 Å². The fourth-order valence-corrected chi connectivity index (χ4v) is 2.92. The van der Waals surface area contributed by atoms with E-state index in [9.17, 15) is 9.90 Å². The van der Waals surface area contributed by atoms with E-state index in [1.807, 2.05) is 12.1 Å². The summed E-state index contributed by atoms with van der Waals surface area (Å²) in [6.07, 6.45) is 3.87. The van der Waals surface area contributed by atoms with Gasteiger partial charge in [0.15, 0.2) is 5.13 Å². The summed E-state index contributed by atoms with van der Waals surface area (Å²) in [4.78, 5) is 17.6. The molecule has 1 aromatic heterocycles. The van der Waals surface area contributed by atoms with E-state index in [-0.39, 0.29) is 10.6 Å². The normalized spacial score (nSPS) is 14.1. The number of aromatic hydroxyl groups is 1. The van der Waals surface area contributed by atoms with Crippen molar-refractivity contribution < 1.29 is 15.0 Å². The third-order valence-electron chi connectivity index (χ3n) is 3.46. The number of aromatic nitrogens is 1. The lowest BCUT2D eigenvalue weighted by molar-refractivity contribution is 0.0702. The lowest BCUT2D eigenvalue weighted by Gasteiger charge is -2.21. The van der Waals surface area contributed by atoms with Crippen LogP contribution in [0.5, 0.6) is 5.75 Å². The molecular formula is C15H16N2O3S. The first-order chi connectivity index (χ1) is 10.1. The summed E-state index contributed by atoms with van der Waals surface area (Å²) in [5, 5.41) is 19.1. The van der Waals surface area contributed by atoms with E-state index in [4.69, 9.17) is 5.11 Å². The molecule has 0 spiro atoms. The first kappa shape index (κ1) is 13.9. The number of hydrogen-bond acceptors (Lipinski definition) is 5. The van der Waals surface area contributed by atoms with Crippen molar-refractivity contribution in [1.29, 1.82) is 0 Å². The van der Waals surface area contributed by atoms with Crippen molar-refractivity contribution in [3.8, 4) is 5.75 Å². The quantitative estimate of drug-likeness (QED) is 0.858. The van der Waals surface area contributed by atoms with Gasteiger partial charge < -0.3 is 15.1 Å². The van der Waals surface area contributed by atoms with Crippen LogP contribution < -0.4 is 4.90 Å². The molecule has 21 heavy (non-hydrogen) atoms. The van der Waals surface area contributed by atoms with Gasteiger partial charge in [-0.15, -0.1) is 0 Å². The molecule has 0 amide bonds. The molecule has 5 nitrogen and oxygen atoms in total. The number of thiazole rings is 1. The van der Waals surface area contributed by atoms with Gasteiger partial charge in [-0.05, 0) is 36.5 Å². The molecule has 1 aliphatic carbocycles. The number of aromatic carboxylic acids is 1. The summed E-state index contributed by atoms with van der Waals surface area (Å²) in [5.41, 5.74) is 1.07. The Morgan fingerprint density at radius 2 is 2.05 bits per heavy atom. The summed E-state index contributed by atoms with van der Waals surface area (Å²) in [6.45, 7) is 1.57. The molecule has 0 bridgehead atoms. The van der Waals surface area contributed by atoms with Crippen LogP contribution in [0.25, 0.3) is 0 Å².